The molecule has 1 aromatic rings. The number of carboxylic acids is 2. The number of likely N-dealkylation sites (tertiary alicyclic amines) is 2. The predicted octanol–water partition coefficient (Wildman–Crippen LogP) is 0.378. The van der Waals surface area contributed by atoms with Crippen LogP contribution in [0.2, 0.25) is 0 Å². The fraction of sp³-hybridized carbons (Fsp3) is 0.688. The fourth-order valence-electron chi connectivity index (χ4n) is 9.50. The van der Waals surface area contributed by atoms with Crippen LogP contribution in [0.4, 0.5) is 0 Å². The number of aromatic hydroxyl groups is 1. The van der Waals surface area contributed by atoms with Crippen molar-refractivity contribution in [2.24, 2.45) is 17.8 Å². The van der Waals surface area contributed by atoms with Gasteiger partial charge in [0.15, 0.2) is 23.7 Å². The molecule has 2 amide bonds. The van der Waals surface area contributed by atoms with Gasteiger partial charge in [0.2, 0.25) is 11.8 Å². The third kappa shape index (κ3) is 4.34. The first-order chi connectivity index (χ1) is 21.4. The van der Waals surface area contributed by atoms with Crippen molar-refractivity contribution in [1.29, 1.82) is 0 Å². The number of carboxylic acid groups (broad SMARTS) is 2. The highest BCUT2D eigenvalue weighted by Crippen LogP contribution is 2.66. The zero-order valence-electron chi connectivity index (χ0n) is 24.9. The van der Waals surface area contributed by atoms with Gasteiger partial charge in [0.05, 0.1) is 28.9 Å². The molecule has 1 spiro atoms. The molecule has 1 aromatic carbocycles. The number of amides is 2. The summed E-state index contributed by atoms with van der Waals surface area (Å²) < 4.78 is 6.60. The van der Waals surface area contributed by atoms with Gasteiger partial charge in [0, 0.05) is 18.2 Å². The normalized spacial score (nSPS) is 37.5. The van der Waals surface area contributed by atoms with Crippen LogP contribution in [0.5, 0.6) is 11.5 Å². The van der Waals surface area contributed by atoms with E-state index in [9.17, 15) is 29.4 Å². The summed E-state index contributed by atoms with van der Waals surface area (Å²) in [5.74, 6) is -2.68. The van der Waals surface area contributed by atoms with Crippen LogP contribution in [0.25, 0.3) is 0 Å². The first-order valence-electron chi connectivity index (χ1n) is 16.1. The molecule has 2 saturated heterocycles. The van der Waals surface area contributed by atoms with Crippen molar-refractivity contribution in [3.8, 4) is 11.5 Å². The molecule has 0 radical (unpaired) electrons. The van der Waals surface area contributed by atoms with Gasteiger partial charge in [-0.3, -0.25) is 19.4 Å². The number of rotatable bonds is 6. The number of nitrogens with zero attached hydrogens (tertiary/aromatic N) is 2. The Kier molecular flexibility index (Phi) is 7.19. The molecule has 9 atom stereocenters. The molecular formula is C32H40N2O11. The van der Waals surface area contributed by atoms with E-state index >= 15 is 0 Å². The summed E-state index contributed by atoms with van der Waals surface area (Å²) in [6.07, 6.45) is 3.67. The lowest BCUT2D eigenvalue weighted by molar-refractivity contribution is -0.201. The summed E-state index contributed by atoms with van der Waals surface area (Å²) in [6, 6.07) is 3.32. The Bertz CT molecular complexity index is 1400. The molecule has 244 valence electrons. The van der Waals surface area contributed by atoms with Crippen molar-refractivity contribution in [1.82, 2.24) is 9.80 Å². The van der Waals surface area contributed by atoms with Crippen molar-refractivity contribution in [2.45, 2.75) is 106 Å². The average molecular weight is 629 g/mol. The number of aliphatic hydroxyl groups is 3. The maximum Gasteiger partial charge on any atom is 0.335 e. The molecule has 13 heteroatoms. The SMILES string of the molecule is O=C(O)C(O)C(O)C(=O)O.O=C1C2CCCCC2C(=O)N1[C@@H]1CCC2(O)[C@H]3Cc4ccc(O)c5c4[C@@]2(CCN3CC2CC2)[C@H]1O5. The second-order valence-electron chi connectivity index (χ2n) is 14.0. The lowest BCUT2D eigenvalue weighted by Crippen LogP contribution is -2.78. The van der Waals surface area contributed by atoms with E-state index in [4.69, 9.17) is 25.2 Å². The predicted molar refractivity (Wildman–Crippen MR) is 153 cm³/mol. The molecule has 2 bridgehead atoms. The van der Waals surface area contributed by atoms with E-state index in [0.717, 1.165) is 68.7 Å². The summed E-state index contributed by atoms with van der Waals surface area (Å²) >= 11 is 0. The molecular weight excluding hydrogens is 588 g/mol. The summed E-state index contributed by atoms with van der Waals surface area (Å²) in [6.45, 7) is 1.91. The topological polar surface area (TPSA) is 205 Å². The number of phenolic OH excluding ortho intramolecular Hbond substituents is 1. The molecule has 8 rings (SSSR count). The maximum absolute atomic E-state index is 13.6. The van der Waals surface area contributed by atoms with Crippen LogP contribution < -0.4 is 4.74 Å². The molecule has 7 aliphatic rings. The molecule has 0 aromatic heterocycles. The van der Waals surface area contributed by atoms with Crippen LogP contribution in [-0.4, -0.2) is 113 Å². The van der Waals surface area contributed by atoms with E-state index in [0.29, 0.717) is 18.6 Å². The monoisotopic (exact) mass is 628 g/mol. The number of hydrogen-bond donors (Lipinski definition) is 6. The van der Waals surface area contributed by atoms with Crippen LogP contribution in [0.1, 0.15) is 68.9 Å². The number of imide groups is 1. The minimum Gasteiger partial charge on any atom is -0.504 e. The van der Waals surface area contributed by atoms with Crippen LogP contribution in [-0.2, 0) is 31.0 Å². The van der Waals surface area contributed by atoms with E-state index in [1.54, 1.807) is 11.0 Å². The second kappa shape index (κ2) is 10.6. The van der Waals surface area contributed by atoms with Gasteiger partial charge in [-0.2, -0.15) is 0 Å². The zero-order chi connectivity index (χ0) is 32.0. The number of aliphatic hydroxyl groups excluding tert-OH is 2. The minimum absolute atomic E-state index is 0.000505. The number of ether oxygens (including phenoxy) is 1. The lowest BCUT2D eigenvalue weighted by Gasteiger charge is -2.64. The summed E-state index contributed by atoms with van der Waals surface area (Å²) in [5, 5.41) is 56.0. The smallest absolute Gasteiger partial charge is 0.335 e. The Hall–Kier alpha value is -3.26. The molecule has 5 fully saturated rings. The van der Waals surface area contributed by atoms with Gasteiger partial charge in [-0.25, -0.2) is 9.59 Å². The van der Waals surface area contributed by atoms with E-state index in [-0.39, 0.29) is 35.4 Å². The number of hydrogen-bond acceptors (Lipinski definition) is 10. The lowest BCUT2D eigenvalue weighted by atomic mass is 9.48. The van der Waals surface area contributed by atoms with Crippen molar-refractivity contribution >= 4 is 23.8 Å². The molecule has 3 heterocycles. The highest BCUT2D eigenvalue weighted by molar-refractivity contribution is 6.05. The third-order valence-corrected chi connectivity index (χ3v) is 11.7. The van der Waals surface area contributed by atoms with Gasteiger partial charge in [-0.1, -0.05) is 18.9 Å². The van der Waals surface area contributed by atoms with E-state index in [1.165, 1.54) is 12.8 Å². The van der Waals surface area contributed by atoms with Crippen LogP contribution >= 0.6 is 0 Å². The largest absolute Gasteiger partial charge is 0.504 e. The van der Waals surface area contributed by atoms with Crippen LogP contribution in [0.3, 0.4) is 0 Å². The molecule has 6 N–H and O–H groups in total. The number of fused-ring (bicyclic) bond motifs is 1. The van der Waals surface area contributed by atoms with E-state index < -0.39 is 47.3 Å². The standard InChI is InChI=1S/C28H34N2O5.C4H6O6/c31-20-8-7-16-13-21-28(34)10-9-19(30-25(32)17-3-1-2-4-18(17)26(30)33)24-27(28,22(16)23(20)35-24)11-12-29(21)14-15-5-6-15;5-1(3(7)8)2(6)4(9)10/h7-8,15,17-19,21,24,31,34H,1-6,9-14H2;1-2,5-6H,(H,7,8)(H,9,10)/t17?,18?,19-,21-,24+,27+,28?;/m1./s1. The van der Waals surface area contributed by atoms with E-state index in [2.05, 4.69) is 4.90 Å². The van der Waals surface area contributed by atoms with Gasteiger partial charge < -0.3 is 35.4 Å². The Morgan fingerprint density at radius 3 is 2.13 bits per heavy atom. The maximum atomic E-state index is 13.6. The van der Waals surface area contributed by atoms with Crippen molar-refractivity contribution in [2.75, 3.05) is 13.1 Å². The quantitative estimate of drug-likeness (QED) is 0.237. The number of piperidine rings is 1. The highest BCUT2D eigenvalue weighted by Gasteiger charge is 2.74. The number of aliphatic carboxylic acids is 2. The Labute approximate surface area is 259 Å². The van der Waals surface area contributed by atoms with Crippen molar-refractivity contribution in [3.05, 3.63) is 23.3 Å². The van der Waals surface area contributed by atoms with Crippen molar-refractivity contribution < 1.29 is 54.6 Å². The molecule has 13 nitrogen and oxygen atoms in total. The average Bonchev–Trinajstić information content (AvgIpc) is 3.71. The fourth-order valence-corrected chi connectivity index (χ4v) is 9.50. The number of carbonyl (C=O) groups is 4. The number of phenols is 1. The molecule has 5 unspecified atom stereocenters. The Balaban J connectivity index is 0.000000284. The first kappa shape index (κ1) is 30.4. The molecule has 3 aliphatic heterocycles. The van der Waals surface area contributed by atoms with Gasteiger partial charge >= 0.3 is 11.9 Å². The Morgan fingerprint density at radius 2 is 1.56 bits per heavy atom. The van der Waals surface area contributed by atoms with Gasteiger partial charge in [0.25, 0.3) is 0 Å². The number of benzene rings is 1. The van der Waals surface area contributed by atoms with Crippen LogP contribution in [0.15, 0.2) is 12.1 Å². The molecule has 45 heavy (non-hydrogen) atoms. The summed E-state index contributed by atoms with van der Waals surface area (Å²) in [7, 11) is 0. The highest BCUT2D eigenvalue weighted by atomic mass is 16.5. The van der Waals surface area contributed by atoms with Gasteiger partial charge in [-0.05, 0) is 75.5 Å². The molecule has 4 aliphatic carbocycles. The van der Waals surface area contributed by atoms with Crippen LogP contribution in [0, 0.1) is 17.8 Å². The zero-order valence-corrected chi connectivity index (χ0v) is 24.9. The third-order valence-electron chi connectivity index (χ3n) is 11.7. The van der Waals surface area contributed by atoms with E-state index in [1.807, 2.05) is 6.07 Å². The van der Waals surface area contributed by atoms with Gasteiger partial charge in [-0.15, -0.1) is 0 Å². The summed E-state index contributed by atoms with van der Waals surface area (Å²) in [5.41, 5.74) is 0.403. The molecule has 3 saturated carbocycles. The number of carbonyl (C=O) groups excluding carboxylic acids is 2. The Morgan fingerprint density at radius 1 is 0.933 bits per heavy atom. The van der Waals surface area contributed by atoms with Gasteiger partial charge in [0.1, 0.15) is 6.10 Å². The minimum atomic E-state index is -2.27. The first-order valence-corrected chi connectivity index (χ1v) is 16.1. The second-order valence-corrected chi connectivity index (χ2v) is 14.0. The summed E-state index contributed by atoms with van der Waals surface area (Å²) in [4.78, 5) is 50.8. The van der Waals surface area contributed by atoms with Crippen molar-refractivity contribution in [3.63, 3.8) is 0 Å².